The fourth-order valence-corrected chi connectivity index (χ4v) is 5.47. The summed E-state index contributed by atoms with van der Waals surface area (Å²) in [4.78, 5) is 41.3. The molecule has 202 valence electrons. The second kappa shape index (κ2) is 11.2. The number of fused-ring (bicyclic) bond motifs is 2. The lowest BCUT2D eigenvalue weighted by Gasteiger charge is -2.16. The van der Waals surface area contributed by atoms with Crippen molar-refractivity contribution in [3.63, 3.8) is 0 Å². The van der Waals surface area contributed by atoms with Crippen molar-refractivity contribution in [2.24, 2.45) is 0 Å². The highest BCUT2D eigenvalue weighted by atomic mass is 32.1. The van der Waals surface area contributed by atoms with E-state index in [0.29, 0.717) is 28.7 Å². The zero-order valence-electron chi connectivity index (χ0n) is 22.1. The van der Waals surface area contributed by atoms with E-state index in [4.69, 9.17) is 23.9 Å². The number of esters is 2. The molecule has 11 heteroatoms. The minimum Gasteiger partial charge on any atom is -0.465 e. The molecule has 4 heterocycles. The number of nitrogens with one attached hydrogen (secondary N) is 1. The fourth-order valence-electron chi connectivity index (χ4n) is 4.42. The topological polar surface area (TPSA) is 122 Å². The van der Waals surface area contributed by atoms with E-state index < -0.39 is 17.9 Å². The molecule has 5 rings (SSSR count). The molecule has 0 amide bonds. The number of anilines is 1. The molecule has 4 aromatic rings. The van der Waals surface area contributed by atoms with Gasteiger partial charge in [-0.3, -0.25) is 14.6 Å². The molecule has 3 aromatic heterocycles. The number of hydrogen-bond donors (Lipinski definition) is 1. The van der Waals surface area contributed by atoms with Gasteiger partial charge in [0.05, 0.1) is 30.8 Å². The van der Waals surface area contributed by atoms with E-state index in [0.717, 1.165) is 32.8 Å². The molecular weight excluding hydrogens is 520 g/mol. The summed E-state index contributed by atoms with van der Waals surface area (Å²) in [6.45, 7) is 8.01. The summed E-state index contributed by atoms with van der Waals surface area (Å²) in [5.41, 5.74) is 3.53. The highest BCUT2D eigenvalue weighted by Gasteiger charge is 2.36. The van der Waals surface area contributed by atoms with Crippen molar-refractivity contribution >= 4 is 39.3 Å². The van der Waals surface area contributed by atoms with Gasteiger partial charge < -0.3 is 24.3 Å². The maximum atomic E-state index is 12.9. The van der Waals surface area contributed by atoms with Crippen LogP contribution in [-0.4, -0.2) is 46.9 Å². The van der Waals surface area contributed by atoms with Gasteiger partial charge in [-0.05, 0) is 57.5 Å². The minimum absolute atomic E-state index is 0.0117. The Kier molecular flexibility index (Phi) is 7.60. The average molecular weight is 549 g/mol. The van der Waals surface area contributed by atoms with Crippen molar-refractivity contribution in [1.82, 2.24) is 15.0 Å². The molecule has 0 saturated heterocycles. The van der Waals surface area contributed by atoms with E-state index in [2.05, 4.69) is 15.3 Å². The molecule has 0 atom stereocenters. The van der Waals surface area contributed by atoms with Crippen LogP contribution in [0.2, 0.25) is 0 Å². The third-order valence-electron chi connectivity index (χ3n) is 6.09. The lowest BCUT2D eigenvalue weighted by Crippen LogP contribution is -2.28. The Labute approximate surface area is 229 Å². The van der Waals surface area contributed by atoms with E-state index in [1.54, 1.807) is 13.8 Å². The molecular formula is C28H28N4O6S. The standard InChI is InChI=1S/C28H28N4O6S/c1-5-35-27(33)23(28(34)36-6-2)25-31-24(29-13-18-9-7-8-15(3)30-18)22-21(16(4)39-26(22)32-25)17-10-11-19-20(12-17)38-14-37-19/h7-12,23H,5-6,13-14H2,1-4H3,(H,29,31,32). The van der Waals surface area contributed by atoms with E-state index in [-0.39, 0.29) is 25.8 Å². The molecule has 1 aliphatic rings. The number of carbonyl (C=O) groups excluding carboxylic acids is 2. The molecule has 0 fully saturated rings. The van der Waals surface area contributed by atoms with Crippen LogP contribution in [0.1, 0.15) is 41.9 Å². The van der Waals surface area contributed by atoms with Crippen molar-refractivity contribution in [3.8, 4) is 22.6 Å². The van der Waals surface area contributed by atoms with Crippen molar-refractivity contribution < 1.29 is 28.5 Å². The predicted molar refractivity (Wildman–Crippen MR) is 146 cm³/mol. The van der Waals surface area contributed by atoms with Crippen LogP contribution in [0.15, 0.2) is 36.4 Å². The van der Waals surface area contributed by atoms with Gasteiger partial charge in [0.2, 0.25) is 12.7 Å². The summed E-state index contributed by atoms with van der Waals surface area (Å²) in [6.07, 6.45) is 0. The van der Waals surface area contributed by atoms with Crippen molar-refractivity contribution in [1.29, 1.82) is 0 Å². The number of aromatic nitrogens is 3. The number of ether oxygens (including phenoxy) is 4. The largest absolute Gasteiger partial charge is 0.465 e. The molecule has 1 aliphatic heterocycles. The normalized spacial score (nSPS) is 12.1. The smallest absolute Gasteiger partial charge is 0.328 e. The van der Waals surface area contributed by atoms with Crippen LogP contribution in [0.5, 0.6) is 11.5 Å². The second-order valence-corrected chi connectivity index (χ2v) is 9.98. The average Bonchev–Trinajstić information content (AvgIpc) is 3.50. The molecule has 1 aromatic carbocycles. The molecule has 1 N–H and O–H groups in total. The van der Waals surface area contributed by atoms with E-state index in [9.17, 15) is 9.59 Å². The Hall–Kier alpha value is -4.25. The lowest BCUT2D eigenvalue weighted by molar-refractivity contribution is -0.157. The Balaban J connectivity index is 1.66. The first-order chi connectivity index (χ1) is 18.9. The summed E-state index contributed by atoms with van der Waals surface area (Å²) in [7, 11) is 0. The van der Waals surface area contributed by atoms with E-state index in [1.807, 2.05) is 50.2 Å². The number of benzene rings is 1. The van der Waals surface area contributed by atoms with E-state index >= 15 is 0 Å². The summed E-state index contributed by atoms with van der Waals surface area (Å²) in [6, 6.07) is 11.5. The monoisotopic (exact) mass is 548 g/mol. The highest BCUT2D eigenvalue weighted by molar-refractivity contribution is 7.19. The first-order valence-electron chi connectivity index (χ1n) is 12.6. The molecule has 0 unspecified atom stereocenters. The molecule has 0 saturated carbocycles. The lowest BCUT2D eigenvalue weighted by atomic mass is 10.0. The first-order valence-corrected chi connectivity index (χ1v) is 13.4. The van der Waals surface area contributed by atoms with Gasteiger partial charge in [0.15, 0.2) is 17.3 Å². The first kappa shape index (κ1) is 26.4. The summed E-state index contributed by atoms with van der Waals surface area (Å²) in [5, 5.41) is 4.14. The number of hydrogen-bond acceptors (Lipinski definition) is 11. The Bertz CT molecular complexity index is 1530. The third-order valence-corrected chi connectivity index (χ3v) is 7.09. The third kappa shape index (κ3) is 5.35. The number of nitrogens with zero attached hydrogens (tertiary/aromatic N) is 3. The van der Waals surface area contributed by atoms with Gasteiger partial charge in [-0.15, -0.1) is 11.3 Å². The quantitative estimate of drug-likeness (QED) is 0.228. The van der Waals surface area contributed by atoms with E-state index in [1.165, 1.54) is 11.3 Å². The van der Waals surface area contributed by atoms with Crippen LogP contribution >= 0.6 is 11.3 Å². The summed E-state index contributed by atoms with van der Waals surface area (Å²) in [5.74, 6) is -1.11. The summed E-state index contributed by atoms with van der Waals surface area (Å²) >= 11 is 1.44. The van der Waals surface area contributed by atoms with Crippen molar-refractivity contribution in [2.75, 3.05) is 25.3 Å². The second-order valence-electron chi connectivity index (χ2n) is 8.77. The molecule has 39 heavy (non-hydrogen) atoms. The Morgan fingerprint density at radius 3 is 2.46 bits per heavy atom. The number of aryl methyl sites for hydroxylation is 2. The predicted octanol–water partition coefficient (Wildman–Crippen LogP) is 4.92. The van der Waals surface area contributed by atoms with Gasteiger partial charge in [0.1, 0.15) is 10.6 Å². The summed E-state index contributed by atoms with van der Waals surface area (Å²) < 4.78 is 21.5. The van der Waals surface area contributed by atoms with Crippen LogP contribution in [0.4, 0.5) is 5.82 Å². The molecule has 0 bridgehead atoms. The van der Waals surface area contributed by atoms with Gasteiger partial charge in [-0.25, -0.2) is 9.97 Å². The van der Waals surface area contributed by atoms with Gasteiger partial charge in [0, 0.05) is 16.1 Å². The zero-order chi connectivity index (χ0) is 27.5. The zero-order valence-corrected chi connectivity index (χ0v) is 22.9. The van der Waals surface area contributed by atoms with Gasteiger partial charge in [0.25, 0.3) is 0 Å². The van der Waals surface area contributed by atoms with Crippen LogP contribution in [0, 0.1) is 13.8 Å². The van der Waals surface area contributed by atoms with Gasteiger partial charge in [-0.1, -0.05) is 12.1 Å². The maximum Gasteiger partial charge on any atom is 0.328 e. The molecule has 10 nitrogen and oxygen atoms in total. The van der Waals surface area contributed by atoms with Crippen molar-refractivity contribution in [3.05, 3.63) is 58.5 Å². The maximum absolute atomic E-state index is 12.9. The minimum atomic E-state index is -1.41. The molecule has 0 radical (unpaired) electrons. The van der Waals surface area contributed by atoms with Gasteiger partial charge >= 0.3 is 11.9 Å². The molecule has 0 aliphatic carbocycles. The Morgan fingerprint density at radius 2 is 1.74 bits per heavy atom. The fraction of sp³-hybridized carbons (Fsp3) is 0.321. The Morgan fingerprint density at radius 1 is 1.00 bits per heavy atom. The van der Waals surface area contributed by atoms with Gasteiger partial charge in [-0.2, -0.15) is 0 Å². The number of rotatable bonds is 9. The van der Waals surface area contributed by atoms with Crippen LogP contribution in [-0.2, 0) is 25.6 Å². The van der Waals surface area contributed by atoms with Crippen LogP contribution in [0.3, 0.4) is 0 Å². The van der Waals surface area contributed by atoms with Crippen LogP contribution < -0.4 is 14.8 Å². The number of pyridine rings is 1. The van der Waals surface area contributed by atoms with Crippen LogP contribution in [0.25, 0.3) is 21.3 Å². The molecule has 0 spiro atoms. The van der Waals surface area contributed by atoms with Crippen molar-refractivity contribution in [2.45, 2.75) is 40.2 Å². The SMILES string of the molecule is CCOC(=O)C(C(=O)OCC)c1nc(NCc2cccc(C)n2)c2c(-c3ccc4c(c3)OCO4)c(C)sc2n1. The highest BCUT2D eigenvalue weighted by Crippen LogP contribution is 2.44. The number of thiophene rings is 1. The number of carbonyl (C=O) groups is 2.